The van der Waals surface area contributed by atoms with Gasteiger partial charge in [0.15, 0.2) is 5.16 Å². The molecule has 0 aliphatic heterocycles. The summed E-state index contributed by atoms with van der Waals surface area (Å²) in [5.41, 5.74) is 1.03. The van der Waals surface area contributed by atoms with Crippen molar-refractivity contribution in [3.63, 3.8) is 0 Å². The average Bonchev–Trinajstić information content (AvgIpc) is 2.94. The van der Waals surface area contributed by atoms with Gasteiger partial charge in [-0.25, -0.2) is 9.97 Å². The van der Waals surface area contributed by atoms with Gasteiger partial charge in [0.05, 0.1) is 11.9 Å². The fraction of sp³-hybridized carbons (Fsp3) is 0.417. The number of hydrogen-bond donors (Lipinski definition) is 1. The lowest BCUT2D eigenvalue weighted by molar-refractivity contribution is -0.133. The second-order valence-electron chi connectivity index (χ2n) is 4.02. The molecule has 0 atom stereocenters. The number of aromatic nitrogens is 3. The molecule has 102 valence electrons. The Hall–Kier alpha value is -1.76. The van der Waals surface area contributed by atoms with E-state index < -0.39 is 5.97 Å². The van der Waals surface area contributed by atoms with Crippen LogP contribution in [0.25, 0.3) is 0 Å². The number of aryl methyl sites for hydroxylation is 2. The van der Waals surface area contributed by atoms with Gasteiger partial charge in [0, 0.05) is 11.9 Å². The maximum absolute atomic E-state index is 10.6. The Labute approximate surface area is 114 Å². The third kappa shape index (κ3) is 3.37. The SMILES string of the molecule is CCc1cnc(SCC(=O)O)n1Cc1ncc(C)o1. The van der Waals surface area contributed by atoms with Crippen molar-refractivity contribution in [3.05, 3.63) is 29.7 Å². The van der Waals surface area contributed by atoms with Gasteiger partial charge in [-0.2, -0.15) is 0 Å². The van der Waals surface area contributed by atoms with Crippen LogP contribution in [-0.2, 0) is 17.8 Å². The van der Waals surface area contributed by atoms with E-state index in [2.05, 4.69) is 9.97 Å². The zero-order chi connectivity index (χ0) is 13.8. The Bertz CT molecular complexity index is 577. The molecule has 0 aliphatic rings. The quantitative estimate of drug-likeness (QED) is 0.815. The summed E-state index contributed by atoms with van der Waals surface area (Å²) in [5, 5.41) is 9.41. The summed E-state index contributed by atoms with van der Waals surface area (Å²) in [7, 11) is 0. The minimum absolute atomic E-state index is 0.00915. The summed E-state index contributed by atoms with van der Waals surface area (Å²) in [4.78, 5) is 19.0. The first-order chi connectivity index (χ1) is 9.10. The zero-order valence-corrected chi connectivity index (χ0v) is 11.6. The van der Waals surface area contributed by atoms with Crippen LogP contribution in [0.1, 0.15) is 24.3 Å². The molecule has 1 N–H and O–H groups in total. The number of oxazole rings is 1. The molecule has 2 rings (SSSR count). The molecule has 2 heterocycles. The van der Waals surface area contributed by atoms with Crippen LogP contribution in [0.4, 0.5) is 0 Å². The molecule has 0 spiro atoms. The predicted octanol–water partition coefficient (Wildman–Crippen LogP) is 1.97. The van der Waals surface area contributed by atoms with Crippen molar-refractivity contribution in [2.24, 2.45) is 0 Å². The van der Waals surface area contributed by atoms with Crippen molar-refractivity contribution < 1.29 is 14.3 Å². The lowest BCUT2D eigenvalue weighted by atomic mass is 10.3. The van der Waals surface area contributed by atoms with E-state index >= 15 is 0 Å². The molecule has 2 aromatic rings. The first-order valence-corrected chi connectivity index (χ1v) is 6.89. The predicted molar refractivity (Wildman–Crippen MR) is 70.3 cm³/mol. The Balaban J connectivity index is 2.20. The first kappa shape index (κ1) is 13.7. The molecule has 0 saturated heterocycles. The van der Waals surface area contributed by atoms with Crippen molar-refractivity contribution in [2.45, 2.75) is 32.0 Å². The van der Waals surface area contributed by atoms with Gasteiger partial charge in [0.25, 0.3) is 0 Å². The first-order valence-electron chi connectivity index (χ1n) is 5.90. The van der Waals surface area contributed by atoms with Gasteiger partial charge in [-0.1, -0.05) is 18.7 Å². The monoisotopic (exact) mass is 281 g/mol. The number of rotatable bonds is 6. The van der Waals surface area contributed by atoms with Gasteiger partial charge in [0.2, 0.25) is 5.89 Å². The third-order valence-corrected chi connectivity index (χ3v) is 3.53. The minimum Gasteiger partial charge on any atom is -0.481 e. The molecule has 0 fully saturated rings. The standard InChI is InChI=1S/C12H15N3O3S/c1-3-9-5-14-12(19-7-11(16)17)15(9)6-10-13-4-8(2)18-10/h4-5H,3,6-7H2,1-2H3,(H,16,17). The summed E-state index contributed by atoms with van der Waals surface area (Å²) >= 11 is 1.20. The number of carboxylic acid groups (broad SMARTS) is 1. The van der Waals surface area contributed by atoms with Gasteiger partial charge in [0.1, 0.15) is 12.3 Å². The van der Waals surface area contributed by atoms with E-state index in [0.29, 0.717) is 17.6 Å². The summed E-state index contributed by atoms with van der Waals surface area (Å²) in [6.45, 7) is 4.34. The van der Waals surface area contributed by atoms with Crippen molar-refractivity contribution >= 4 is 17.7 Å². The molecule has 0 amide bonds. The Morgan fingerprint density at radius 2 is 2.26 bits per heavy atom. The van der Waals surface area contributed by atoms with Crippen LogP contribution in [0.3, 0.4) is 0 Å². The number of hydrogen-bond acceptors (Lipinski definition) is 5. The second-order valence-corrected chi connectivity index (χ2v) is 4.96. The van der Waals surface area contributed by atoms with E-state index in [1.165, 1.54) is 11.8 Å². The maximum Gasteiger partial charge on any atom is 0.313 e. The Morgan fingerprint density at radius 1 is 1.47 bits per heavy atom. The maximum atomic E-state index is 10.6. The Kier molecular flexibility index (Phi) is 4.26. The molecule has 0 radical (unpaired) electrons. The second kappa shape index (κ2) is 5.92. The highest BCUT2D eigenvalue weighted by atomic mass is 32.2. The number of imidazole rings is 1. The molecule has 0 aliphatic carbocycles. The molecule has 0 saturated carbocycles. The molecular formula is C12H15N3O3S. The highest BCUT2D eigenvalue weighted by Gasteiger charge is 2.13. The minimum atomic E-state index is -0.857. The summed E-state index contributed by atoms with van der Waals surface area (Å²) in [6, 6.07) is 0. The molecule has 0 aromatic carbocycles. The van der Waals surface area contributed by atoms with Crippen molar-refractivity contribution in [1.82, 2.24) is 14.5 Å². The number of thioether (sulfide) groups is 1. The summed E-state index contributed by atoms with van der Waals surface area (Å²) < 4.78 is 7.39. The van der Waals surface area contributed by atoms with Gasteiger partial charge < -0.3 is 14.1 Å². The van der Waals surface area contributed by atoms with Crippen LogP contribution >= 0.6 is 11.8 Å². The fourth-order valence-electron chi connectivity index (χ4n) is 1.69. The molecule has 19 heavy (non-hydrogen) atoms. The van der Waals surface area contributed by atoms with Crippen LogP contribution in [0.5, 0.6) is 0 Å². The van der Waals surface area contributed by atoms with Crippen LogP contribution in [-0.4, -0.2) is 31.4 Å². The van der Waals surface area contributed by atoms with Crippen LogP contribution < -0.4 is 0 Å². The fourth-order valence-corrected chi connectivity index (χ4v) is 2.41. The van der Waals surface area contributed by atoms with E-state index in [1.54, 1.807) is 12.4 Å². The van der Waals surface area contributed by atoms with Gasteiger partial charge >= 0.3 is 5.97 Å². The topological polar surface area (TPSA) is 81.1 Å². The zero-order valence-electron chi connectivity index (χ0n) is 10.8. The Morgan fingerprint density at radius 3 is 2.84 bits per heavy atom. The number of carboxylic acids is 1. The highest BCUT2D eigenvalue weighted by molar-refractivity contribution is 7.99. The van der Waals surface area contributed by atoms with Gasteiger partial charge in [-0.05, 0) is 13.3 Å². The normalized spacial score (nSPS) is 10.8. The number of carbonyl (C=O) groups is 1. The van der Waals surface area contributed by atoms with Crippen molar-refractivity contribution in [3.8, 4) is 0 Å². The number of nitrogens with zero attached hydrogens (tertiary/aromatic N) is 3. The van der Waals surface area contributed by atoms with E-state index in [0.717, 1.165) is 17.9 Å². The van der Waals surface area contributed by atoms with E-state index in [9.17, 15) is 4.79 Å². The number of aliphatic carboxylic acids is 1. The summed E-state index contributed by atoms with van der Waals surface area (Å²) in [5.74, 6) is 0.491. The third-order valence-electron chi connectivity index (χ3n) is 2.55. The lowest BCUT2D eigenvalue weighted by Gasteiger charge is -2.07. The van der Waals surface area contributed by atoms with Gasteiger partial charge in [-0.15, -0.1) is 0 Å². The average molecular weight is 281 g/mol. The van der Waals surface area contributed by atoms with Crippen molar-refractivity contribution in [2.75, 3.05) is 5.75 Å². The smallest absolute Gasteiger partial charge is 0.313 e. The molecule has 0 bridgehead atoms. The largest absolute Gasteiger partial charge is 0.481 e. The molecule has 7 heteroatoms. The van der Waals surface area contributed by atoms with E-state index in [1.807, 2.05) is 18.4 Å². The van der Waals surface area contributed by atoms with E-state index in [-0.39, 0.29) is 5.75 Å². The van der Waals surface area contributed by atoms with Crippen LogP contribution in [0.2, 0.25) is 0 Å². The van der Waals surface area contributed by atoms with Crippen LogP contribution in [0, 0.1) is 6.92 Å². The molecule has 6 nitrogen and oxygen atoms in total. The van der Waals surface area contributed by atoms with Crippen molar-refractivity contribution in [1.29, 1.82) is 0 Å². The van der Waals surface area contributed by atoms with Crippen LogP contribution in [0.15, 0.2) is 22.0 Å². The van der Waals surface area contributed by atoms with E-state index in [4.69, 9.17) is 9.52 Å². The summed E-state index contributed by atoms with van der Waals surface area (Å²) in [6.07, 6.45) is 4.25. The molecule has 0 unspecified atom stereocenters. The highest BCUT2D eigenvalue weighted by Crippen LogP contribution is 2.20. The lowest BCUT2D eigenvalue weighted by Crippen LogP contribution is -2.07. The van der Waals surface area contributed by atoms with Gasteiger partial charge in [-0.3, -0.25) is 4.79 Å². The molecule has 2 aromatic heterocycles. The molecular weight excluding hydrogens is 266 g/mol.